The molecule has 0 radical (unpaired) electrons. The van der Waals surface area contributed by atoms with Gasteiger partial charge in [0.1, 0.15) is 11.9 Å². The van der Waals surface area contributed by atoms with E-state index in [4.69, 9.17) is 0 Å². The summed E-state index contributed by atoms with van der Waals surface area (Å²) in [6.07, 6.45) is 6.10. The third kappa shape index (κ3) is 4.90. The van der Waals surface area contributed by atoms with Crippen molar-refractivity contribution in [3.63, 3.8) is 0 Å². The standard InChI is InChI=1S/C26H30N4O2/c1-19(2)25-27-14-16-29(25)18-20-9-8-12-22(17-20)28-26(32)24(21-10-4-3-5-11-21)30-15-7-6-13-23(30)31/h3-5,8-12,14,16-17,19,24H,6-7,13,15,18H2,1-2H3,(H,28,32). The first-order chi connectivity index (χ1) is 15.5. The van der Waals surface area contributed by atoms with E-state index in [0.717, 1.165) is 35.5 Å². The first-order valence-corrected chi connectivity index (χ1v) is 11.3. The Morgan fingerprint density at radius 1 is 1.09 bits per heavy atom. The lowest BCUT2D eigenvalue weighted by Gasteiger charge is -2.34. The normalized spacial score (nSPS) is 15.1. The second-order valence-corrected chi connectivity index (χ2v) is 8.62. The van der Waals surface area contributed by atoms with Gasteiger partial charge < -0.3 is 14.8 Å². The molecule has 1 aliphatic heterocycles. The monoisotopic (exact) mass is 430 g/mol. The average Bonchev–Trinajstić information content (AvgIpc) is 3.25. The highest BCUT2D eigenvalue weighted by atomic mass is 16.2. The van der Waals surface area contributed by atoms with Gasteiger partial charge in [-0.2, -0.15) is 0 Å². The summed E-state index contributed by atoms with van der Waals surface area (Å²) in [7, 11) is 0. The van der Waals surface area contributed by atoms with Crippen molar-refractivity contribution >= 4 is 17.5 Å². The molecule has 1 unspecified atom stereocenters. The molecule has 0 aliphatic carbocycles. The first-order valence-electron chi connectivity index (χ1n) is 11.3. The minimum atomic E-state index is -0.631. The maximum Gasteiger partial charge on any atom is 0.251 e. The Morgan fingerprint density at radius 2 is 1.91 bits per heavy atom. The lowest BCUT2D eigenvalue weighted by atomic mass is 10.0. The van der Waals surface area contributed by atoms with Gasteiger partial charge in [-0.05, 0) is 36.1 Å². The van der Waals surface area contributed by atoms with Gasteiger partial charge in [0.25, 0.3) is 5.91 Å². The van der Waals surface area contributed by atoms with Crippen molar-refractivity contribution in [2.75, 3.05) is 11.9 Å². The number of nitrogens with zero attached hydrogens (tertiary/aromatic N) is 3. The Labute approximate surface area is 189 Å². The molecular weight excluding hydrogens is 400 g/mol. The number of imidazole rings is 1. The SMILES string of the molecule is CC(C)c1nccn1Cc1cccc(NC(=O)C(c2ccccc2)N2CCCCC2=O)c1. The Balaban J connectivity index is 1.55. The minimum absolute atomic E-state index is 0.0373. The number of piperidine rings is 1. The van der Waals surface area contributed by atoms with E-state index in [1.54, 1.807) is 4.90 Å². The van der Waals surface area contributed by atoms with Crippen LogP contribution in [-0.2, 0) is 16.1 Å². The summed E-state index contributed by atoms with van der Waals surface area (Å²) in [6, 6.07) is 16.8. The fourth-order valence-electron chi connectivity index (χ4n) is 4.32. The Hall–Kier alpha value is -3.41. The summed E-state index contributed by atoms with van der Waals surface area (Å²) in [6.45, 7) is 5.54. The summed E-state index contributed by atoms with van der Waals surface area (Å²) in [5.41, 5.74) is 2.63. The van der Waals surface area contributed by atoms with Crippen LogP contribution < -0.4 is 5.32 Å². The lowest BCUT2D eigenvalue weighted by Crippen LogP contribution is -2.43. The van der Waals surface area contributed by atoms with Crippen molar-refractivity contribution in [3.8, 4) is 0 Å². The van der Waals surface area contributed by atoms with E-state index < -0.39 is 6.04 Å². The Kier molecular flexibility index (Phi) is 6.69. The molecular formula is C26H30N4O2. The van der Waals surface area contributed by atoms with E-state index in [1.165, 1.54) is 0 Å². The van der Waals surface area contributed by atoms with Crippen molar-refractivity contribution < 1.29 is 9.59 Å². The summed E-state index contributed by atoms with van der Waals surface area (Å²) < 4.78 is 2.13. The van der Waals surface area contributed by atoms with E-state index in [2.05, 4.69) is 28.7 Å². The fraction of sp³-hybridized carbons (Fsp3) is 0.346. The molecule has 0 spiro atoms. The van der Waals surface area contributed by atoms with Crippen LogP contribution in [0.3, 0.4) is 0 Å². The molecule has 166 valence electrons. The van der Waals surface area contributed by atoms with Gasteiger partial charge >= 0.3 is 0 Å². The van der Waals surface area contributed by atoms with Crippen LogP contribution in [0.5, 0.6) is 0 Å². The van der Waals surface area contributed by atoms with Crippen molar-refractivity contribution in [1.82, 2.24) is 14.5 Å². The molecule has 1 saturated heterocycles. The molecule has 1 fully saturated rings. The molecule has 1 atom stereocenters. The van der Waals surface area contributed by atoms with Crippen LogP contribution in [0.4, 0.5) is 5.69 Å². The Morgan fingerprint density at radius 3 is 2.66 bits per heavy atom. The quantitative estimate of drug-likeness (QED) is 0.588. The number of rotatable bonds is 7. The first kappa shape index (κ1) is 21.8. The molecule has 1 aliphatic rings. The molecule has 6 nitrogen and oxygen atoms in total. The number of hydrogen-bond acceptors (Lipinski definition) is 3. The highest BCUT2D eigenvalue weighted by molar-refractivity contribution is 5.98. The van der Waals surface area contributed by atoms with Gasteiger partial charge in [-0.3, -0.25) is 9.59 Å². The molecule has 0 bridgehead atoms. The number of amides is 2. The van der Waals surface area contributed by atoms with Gasteiger partial charge in [0.2, 0.25) is 5.91 Å². The zero-order valence-corrected chi connectivity index (χ0v) is 18.7. The maximum atomic E-state index is 13.4. The van der Waals surface area contributed by atoms with Gasteiger partial charge in [0.05, 0.1) is 0 Å². The second kappa shape index (κ2) is 9.81. The van der Waals surface area contributed by atoms with E-state index in [1.807, 2.05) is 67.0 Å². The third-order valence-electron chi connectivity index (χ3n) is 5.85. The van der Waals surface area contributed by atoms with Gasteiger partial charge in [0, 0.05) is 43.5 Å². The number of benzene rings is 2. The minimum Gasteiger partial charge on any atom is -0.330 e. The average molecular weight is 431 g/mol. The van der Waals surface area contributed by atoms with Crippen molar-refractivity contribution in [2.45, 2.75) is 51.6 Å². The zero-order chi connectivity index (χ0) is 22.5. The third-order valence-corrected chi connectivity index (χ3v) is 5.85. The summed E-state index contributed by atoms with van der Waals surface area (Å²) in [4.78, 5) is 32.2. The van der Waals surface area contributed by atoms with Gasteiger partial charge in [-0.25, -0.2) is 4.98 Å². The number of likely N-dealkylation sites (tertiary alicyclic amines) is 1. The molecule has 1 aromatic heterocycles. The smallest absolute Gasteiger partial charge is 0.251 e. The van der Waals surface area contributed by atoms with Crippen LogP contribution in [0.2, 0.25) is 0 Å². The molecule has 32 heavy (non-hydrogen) atoms. The van der Waals surface area contributed by atoms with Crippen molar-refractivity contribution in [2.24, 2.45) is 0 Å². The molecule has 4 rings (SSSR count). The number of carbonyl (C=O) groups excluding carboxylic acids is 2. The molecule has 2 heterocycles. The van der Waals surface area contributed by atoms with E-state index in [9.17, 15) is 9.59 Å². The maximum absolute atomic E-state index is 13.4. The molecule has 0 saturated carbocycles. The van der Waals surface area contributed by atoms with Crippen LogP contribution >= 0.6 is 0 Å². The second-order valence-electron chi connectivity index (χ2n) is 8.62. The topological polar surface area (TPSA) is 67.2 Å². The van der Waals surface area contributed by atoms with Gasteiger partial charge in [-0.15, -0.1) is 0 Å². The predicted molar refractivity (Wildman–Crippen MR) is 125 cm³/mol. The van der Waals surface area contributed by atoms with Crippen LogP contribution in [-0.4, -0.2) is 32.8 Å². The number of hydrogen-bond donors (Lipinski definition) is 1. The molecule has 6 heteroatoms. The van der Waals surface area contributed by atoms with E-state index in [-0.39, 0.29) is 11.8 Å². The van der Waals surface area contributed by atoms with E-state index in [0.29, 0.717) is 25.4 Å². The number of carbonyl (C=O) groups is 2. The summed E-state index contributed by atoms with van der Waals surface area (Å²) in [5.74, 6) is 1.22. The summed E-state index contributed by atoms with van der Waals surface area (Å²) >= 11 is 0. The van der Waals surface area contributed by atoms with Crippen LogP contribution in [0.25, 0.3) is 0 Å². The molecule has 2 amide bonds. The highest BCUT2D eigenvalue weighted by Crippen LogP contribution is 2.27. The van der Waals surface area contributed by atoms with Crippen molar-refractivity contribution in [3.05, 3.63) is 83.9 Å². The largest absolute Gasteiger partial charge is 0.330 e. The van der Waals surface area contributed by atoms with E-state index >= 15 is 0 Å². The van der Waals surface area contributed by atoms with Gasteiger partial charge in [0.15, 0.2) is 0 Å². The van der Waals surface area contributed by atoms with Gasteiger partial charge in [-0.1, -0.05) is 56.3 Å². The predicted octanol–water partition coefficient (Wildman–Crippen LogP) is 4.75. The highest BCUT2D eigenvalue weighted by Gasteiger charge is 2.32. The number of nitrogens with one attached hydrogen (secondary N) is 1. The summed E-state index contributed by atoms with van der Waals surface area (Å²) in [5, 5.41) is 3.06. The van der Waals surface area contributed by atoms with Crippen LogP contribution in [0.15, 0.2) is 67.0 Å². The van der Waals surface area contributed by atoms with Crippen LogP contribution in [0.1, 0.15) is 62.0 Å². The number of anilines is 1. The molecule has 3 aromatic rings. The lowest BCUT2D eigenvalue weighted by molar-refractivity contribution is -0.141. The van der Waals surface area contributed by atoms with Crippen LogP contribution in [0, 0.1) is 0 Å². The fourth-order valence-corrected chi connectivity index (χ4v) is 4.32. The molecule has 1 N–H and O–H groups in total. The van der Waals surface area contributed by atoms with Crippen molar-refractivity contribution in [1.29, 1.82) is 0 Å². The number of aromatic nitrogens is 2. The molecule has 2 aromatic carbocycles. The zero-order valence-electron chi connectivity index (χ0n) is 18.7. The Bertz CT molecular complexity index is 1070.